The summed E-state index contributed by atoms with van der Waals surface area (Å²) in [7, 11) is 0. The molecule has 4 aromatic rings. The van der Waals surface area contributed by atoms with Crippen LogP contribution in [-0.2, 0) is 11.3 Å². The molecule has 1 aliphatic carbocycles. The fraction of sp³-hybridized carbons (Fsp3) is 0.333. The van der Waals surface area contributed by atoms with Gasteiger partial charge >= 0.3 is 0 Å². The van der Waals surface area contributed by atoms with Crippen LogP contribution < -0.4 is 0 Å². The fourth-order valence-electron chi connectivity index (χ4n) is 5.72. The molecule has 1 aromatic heterocycles. The Bertz CT molecular complexity index is 1410. The highest BCUT2D eigenvalue weighted by molar-refractivity contribution is 5.84. The van der Waals surface area contributed by atoms with Crippen LogP contribution in [0.5, 0.6) is 0 Å². The molecule has 1 amide bonds. The van der Waals surface area contributed by atoms with Crippen molar-refractivity contribution in [3.63, 3.8) is 0 Å². The average Bonchev–Trinajstić information content (AvgIpc) is 3.29. The molecule has 1 saturated heterocycles. The van der Waals surface area contributed by atoms with Crippen molar-refractivity contribution in [3.05, 3.63) is 95.4 Å². The maximum Gasteiger partial charge on any atom is 0.226 e. The molecule has 2 heterocycles. The fourth-order valence-corrected chi connectivity index (χ4v) is 5.72. The molecular formula is C30H31FN4O2. The number of fused-ring (bicyclic) bond motifs is 1. The largest absolute Gasteiger partial charge is 0.393 e. The number of hydrogen-bond donors (Lipinski definition) is 1. The van der Waals surface area contributed by atoms with Gasteiger partial charge in [-0.2, -0.15) is 5.10 Å². The number of rotatable bonds is 5. The zero-order valence-corrected chi connectivity index (χ0v) is 20.9. The maximum absolute atomic E-state index is 13.5. The lowest BCUT2D eigenvalue weighted by Crippen LogP contribution is -2.53. The van der Waals surface area contributed by atoms with E-state index in [-0.39, 0.29) is 29.8 Å². The zero-order valence-electron chi connectivity index (χ0n) is 20.9. The van der Waals surface area contributed by atoms with Crippen LogP contribution in [0.25, 0.3) is 16.6 Å². The molecule has 1 saturated carbocycles. The summed E-state index contributed by atoms with van der Waals surface area (Å²) in [6.07, 6.45) is 2.58. The lowest BCUT2D eigenvalue weighted by atomic mass is 9.80. The maximum atomic E-state index is 13.5. The van der Waals surface area contributed by atoms with Gasteiger partial charge in [0, 0.05) is 37.5 Å². The number of carbonyl (C=O) groups is 1. The molecule has 37 heavy (non-hydrogen) atoms. The summed E-state index contributed by atoms with van der Waals surface area (Å²) in [5, 5.41) is 15.4. The van der Waals surface area contributed by atoms with Crippen molar-refractivity contribution in [2.24, 2.45) is 5.92 Å². The average molecular weight is 499 g/mol. The summed E-state index contributed by atoms with van der Waals surface area (Å²) in [4.78, 5) is 18.0. The van der Waals surface area contributed by atoms with Gasteiger partial charge in [0.15, 0.2) is 0 Å². The van der Waals surface area contributed by atoms with Crippen LogP contribution in [0, 0.1) is 18.7 Å². The number of hydrogen-bond acceptors (Lipinski definition) is 4. The third-order valence-electron chi connectivity index (χ3n) is 7.85. The Balaban J connectivity index is 1.34. The number of carbonyl (C=O) groups excluding carboxylic acids is 1. The summed E-state index contributed by atoms with van der Waals surface area (Å²) in [6, 6.07) is 21.0. The molecule has 1 N–H and O–H groups in total. The van der Waals surface area contributed by atoms with E-state index in [9.17, 15) is 14.3 Å². The van der Waals surface area contributed by atoms with Gasteiger partial charge in [-0.15, -0.1) is 0 Å². The second-order valence-corrected chi connectivity index (χ2v) is 10.4. The number of aryl methyl sites for hydroxylation is 1. The number of halogens is 1. The highest BCUT2D eigenvalue weighted by Gasteiger charge is 2.40. The molecule has 1 aliphatic heterocycles. The quantitative estimate of drug-likeness (QED) is 0.436. The van der Waals surface area contributed by atoms with E-state index in [0.717, 1.165) is 47.4 Å². The van der Waals surface area contributed by atoms with Crippen molar-refractivity contribution in [1.29, 1.82) is 0 Å². The van der Waals surface area contributed by atoms with Crippen LogP contribution in [0.15, 0.2) is 72.9 Å². The molecule has 7 heteroatoms. The van der Waals surface area contributed by atoms with Crippen molar-refractivity contribution >= 4 is 16.8 Å². The lowest BCUT2D eigenvalue weighted by molar-refractivity contribution is -0.147. The molecule has 0 unspecified atom stereocenters. The molecule has 2 aliphatic rings. The van der Waals surface area contributed by atoms with Gasteiger partial charge in [0.1, 0.15) is 5.82 Å². The number of benzene rings is 3. The van der Waals surface area contributed by atoms with E-state index in [2.05, 4.69) is 53.3 Å². The van der Waals surface area contributed by atoms with Crippen LogP contribution in [0.4, 0.5) is 4.39 Å². The SMILES string of the molecule is Cc1cc2c(cnn2-c2ccc(F)cc2)cc1[C@H]1CN(Cc2ccccc2)CCN1C(=O)[C@H]1C[C@@H](O)C1. The molecule has 3 aromatic carbocycles. The number of aliphatic hydroxyl groups is 1. The third-order valence-corrected chi connectivity index (χ3v) is 7.85. The van der Waals surface area contributed by atoms with Crippen LogP contribution in [0.1, 0.15) is 35.6 Å². The van der Waals surface area contributed by atoms with E-state index < -0.39 is 0 Å². The van der Waals surface area contributed by atoms with Crippen LogP contribution >= 0.6 is 0 Å². The standard InChI is InChI=1S/C30H31FN4O2/c1-20-13-28-23(17-32-35(28)25-9-7-24(31)8-10-25)16-27(20)29-19-33(18-21-5-3-2-4-6-21)11-12-34(29)30(37)22-14-26(36)15-22/h2-10,13,16-17,22,26,29,36H,11-12,14-15,18-19H2,1H3/t22-,26+,29-/m1/s1. The molecule has 0 radical (unpaired) electrons. The summed E-state index contributed by atoms with van der Waals surface area (Å²) in [5.74, 6) is -0.223. The summed E-state index contributed by atoms with van der Waals surface area (Å²) in [5.41, 5.74) is 5.22. The first-order valence-electron chi connectivity index (χ1n) is 13.0. The predicted molar refractivity (Wildman–Crippen MR) is 141 cm³/mol. The van der Waals surface area contributed by atoms with Crippen molar-refractivity contribution in [3.8, 4) is 5.69 Å². The summed E-state index contributed by atoms with van der Waals surface area (Å²) < 4.78 is 15.3. The Morgan fingerprint density at radius 1 is 1.05 bits per heavy atom. The number of aliphatic hydroxyl groups excluding tert-OH is 1. The zero-order chi connectivity index (χ0) is 25.5. The Morgan fingerprint density at radius 3 is 2.54 bits per heavy atom. The molecule has 2 fully saturated rings. The molecule has 0 bridgehead atoms. The van der Waals surface area contributed by atoms with E-state index in [1.165, 1.54) is 17.7 Å². The third kappa shape index (κ3) is 4.65. The first-order valence-corrected chi connectivity index (χ1v) is 13.0. The highest BCUT2D eigenvalue weighted by atomic mass is 19.1. The van der Waals surface area contributed by atoms with Gasteiger partial charge in [-0.25, -0.2) is 9.07 Å². The normalized spacial score (nSPS) is 22.2. The van der Waals surface area contributed by atoms with Crippen molar-refractivity contribution in [2.45, 2.75) is 38.5 Å². The van der Waals surface area contributed by atoms with Gasteiger partial charge in [0.05, 0.1) is 29.5 Å². The minimum atomic E-state index is -0.359. The van der Waals surface area contributed by atoms with E-state index >= 15 is 0 Å². The number of nitrogens with zero attached hydrogens (tertiary/aromatic N) is 4. The lowest BCUT2D eigenvalue weighted by Gasteiger charge is -2.45. The van der Waals surface area contributed by atoms with Gasteiger partial charge in [0.2, 0.25) is 5.91 Å². The minimum absolute atomic E-state index is 0.0822. The van der Waals surface area contributed by atoms with Gasteiger partial charge in [-0.05, 0) is 72.9 Å². The first kappa shape index (κ1) is 23.8. The Morgan fingerprint density at radius 2 is 1.81 bits per heavy atom. The van der Waals surface area contributed by atoms with Crippen LogP contribution in [0.3, 0.4) is 0 Å². The Hall–Kier alpha value is -3.55. The topological polar surface area (TPSA) is 61.6 Å². The predicted octanol–water partition coefficient (Wildman–Crippen LogP) is 4.63. The smallest absolute Gasteiger partial charge is 0.226 e. The van der Waals surface area contributed by atoms with E-state index in [4.69, 9.17) is 0 Å². The van der Waals surface area contributed by atoms with E-state index in [0.29, 0.717) is 19.4 Å². The van der Waals surface area contributed by atoms with Crippen LogP contribution in [0.2, 0.25) is 0 Å². The monoisotopic (exact) mass is 498 g/mol. The summed E-state index contributed by atoms with van der Waals surface area (Å²) in [6.45, 7) is 5.15. The minimum Gasteiger partial charge on any atom is -0.393 e. The molecule has 0 spiro atoms. The molecule has 6 nitrogen and oxygen atoms in total. The van der Waals surface area contributed by atoms with Gasteiger partial charge in [0.25, 0.3) is 0 Å². The van der Waals surface area contributed by atoms with Crippen molar-refractivity contribution in [1.82, 2.24) is 19.6 Å². The summed E-state index contributed by atoms with van der Waals surface area (Å²) >= 11 is 0. The van der Waals surface area contributed by atoms with Crippen molar-refractivity contribution < 1.29 is 14.3 Å². The van der Waals surface area contributed by atoms with E-state index in [1.54, 1.807) is 12.1 Å². The second kappa shape index (κ2) is 9.72. The molecule has 6 rings (SSSR count). The number of amides is 1. The second-order valence-electron chi connectivity index (χ2n) is 10.4. The molecular weight excluding hydrogens is 467 g/mol. The van der Waals surface area contributed by atoms with Gasteiger partial charge < -0.3 is 10.0 Å². The first-order chi connectivity index (χ1) is 18.0. The molecule has 190 valence electrons. The highest BCUT2D eigenvalue weighted by Crippen LogP contribution is 2.36. The Labute approximate surface area is 215 Å². The Kier molecular flexibility index (Phi) is 6.26. The van der Waals surface area contributed by atoms with Crippen molar-refractivity contribution in [2.75, 3.05) is 19.6 Å². The van der Waals surface area contributed by atoms with Gasteiger partial charge in [-0.1, -0.05) is 30.3 Å². The van der Waals surface area contributed by atoms with Crippen LogP contribution in [-0.4, -0.2) is 56.3 Å². The van der Waals surface area contributed by atoms with E-state index in [1.807, 2.05) is 21.8 Å². The van der Waals surface area contributed by atoms with Gasteiger partial charge in [-0.3, -0.25) is 9.69 Å². The number of piperazine rings is 1. The number of aromatic nitrogens is 2. The molecule has 1 atom stereocenters.